The topological polar surface area (TPSA) is 138 Å². The van der Waals surface area contributed by atoms with Crippen molar-refractivity contribution < 1.29 is 12.8 Å². The number of sulfonamides is 1. The van der Waals surface area contributed by atoms with Crippen molar-refractivity contribution in [1.29, 1.82) is 5.26 Å². The average molecular weight is 437 g/mol. The summed E-state index contributed by atoms with van der Waals surface area (Å²) < 4.78 is 42.4. The largest absolute Gasteiger partial charge is 0.382 e. The lowest BCUT2D eigenvalue weighted by molar-refractivity contribution is 0.562. The summed E-state index contributed by atoms with van der Waals surface area (Å²) in [5.41, 5.74) is 6.24. The number of nitrogen functional groups attached to an aromatic ring is 1. The van der Waals surface area contributed by atoms with Crippen LogP contribution in [-0.4, -0.2) is 29.4 Å². The lowest BCUT2D eigenvalue weighted by Gasteiger charge is -2.33. The van der Waals surface area contributed by atoms with Crippen LogP contribution in [0, 0.1) is 17.1 Å². The Morgan fingerprint density at radius 1 is 1.19 bits per heavy atom. The number of pyridine rings is 1. The zero-order valence-electron chi connectivity index (χ0n) is 16.2. The molecular weight excluding hydrogens is 421 g/mol. The Labute approximate surface area is 177 Å². The first-order chi connectivity index (χ1) is 14.8. The first kappa shape index (κ1) is 20.2. The minimum atomic E-state index is -4.31. The quantitative estimate of drug-likeness (QED) is 0.635. The molecule has 31 heavy (non-hydrogen) atoms. The fraction of sp³-hybridized carbons (Fsp3) is 0.100. The van der Waals surface area contributed by atoms with Gasteiger partial charge in [0.05, 0.1) is 11.7 Å². The lowest BCUT2D eigenvalue weighted by Crippen LogP contribution is -2.40. The standard InChI is InChI=1S/C20H16FN7O2S/c1-12(27-20-14(10-22)19(23)25-11-26-20)16-9-13-5-4-6-15(21)18(13)31(29,30)28(16)17-7-2-3-8-24-17/h2-9,11-12H,1H3,(H3,23,25,26,27). The number of benzene rings is 1. The third-order valence-corrected chi connectivity index (χ3v) is 6.50. The Hall–Kier alpha value is -4.04. The molecule has 156 valence electrons. The summed E-state index contributed by atoms with van der Waals surface area (Å²) in [4.78, 5) is 11.5. The molecule has 0 radical (unpaired) electrons. The number of hydrogen-bond acceptors (Lipinski definition) is 8. The molecular formula is C20H16FN7O2S. The first-order valence-corrected chi connectivity index (χ1v) is 10.5. The van der Waals surface area contributed by atoms with Crippen LogP contribution < -0.4 is 15.4 Å². The Kier molecular flexibility index (Phi) is 5.00. The molecule has 3 N–H and O–H groups in total. The lowest BCUT2D eigenvalue weighted by atomic mass is 10.1. The van der Waals surface area contributed by atoms with E-state index in [9.17, 15) is 18.1 Å². The SMILES string of the molecule is CC(Nc1ncnc(N)c1C#N)C1=Cc2cccc(F)c2S(=O)(=O)N1c1ccccn1. The second-order valence-electron chi connectivity index (χ2n) is 6.65. The summed E-state index contributed by atoms with van der Waals surface area (Å²) >= 11 is 0. The van der Waals surface area contributed by atoms with E-state index in [1.165, 1.54) is 30.7 Å². The van der Waals surface area contributed by atoms with Gasteiger partial charge in [-0.2, -0.15) is 5.26 Å². The molecule has 1 aliphatic heterocycles. The van der Waals surface area contributed by atoms with Crippen LogP contribution in [-0.2, 0) is 10.0 Å². The van der Waals surface area contributed by atoms with Crippen molar-refractivity contribution in [2.45, 2.75) is 17.9 Å². The molecule has 11 heteroatoms. The number of hydrogen-bond donors (Lipinski definition) is 2. The number of fused-ring (bicyclic) bond motifs is 1. The van der Waals surface area contributed by atoms with E-state index >= 15 is 0 Å². The van der Waals surface area contributed by atoms with Gasteiger partial charge in [0, 0.05) is 6.20 Å². The van der Waals surface area contributed by atoms with Gasteiger partial charge < -0.3 is 11.1 Å². The minimum Gasteiger partial charge on any atom is -0.382 e. The van der Waals surface area contributed by atoms with Crippen LogP contribution in [0.1, 0.15) is 18.1 Å². The predicted molar refractivity (Wildman–Crippen MR) is 113 cm³/mol. The average Bonchev–Trinajstić information content (AvgIpc) is 2.73. The van der Waals surface area contributed by atoms with E-state index in [4.69, 9.17) is 5.73 Å². The van der Waals surface area contributed by atoms with E-state index in [0.29, 0.717) is 0 Å². The van der Waals surface area contributed by atoms with E-state index in [0.717, 1.165) is 10.4 Å². The van der Waals surface area contributed by atoms with E-state index < -0.39 is 26.8 Å². The summed E-state index contributed by atoms with van der Waals surface area (Å²) in [6, 6.07) is 10.1. The zero-order chi connectivity index (χ0) is 22.2. The van der Waals surface area contributed by atoms with Crippen LogP contribution in [0.2, 0.25) is 0 Å². The van der Waals surface area contributed by atoms with E-state index in [2.05, 4.69) is 20.3 Å². The number of nitriles is 1. The van der Waals surface area contributed by atoms with Crippen molar-refractivity contribution in [2.75, 3.05) is 15.4 Å². The molecule has 9 nitrogen and oxygen atoms in total. The summed E-state index contributed by atoms with van der Waals surface area (Å²) in [5.74, 6) is -0.623. The van der Waals surface area contributed by atoms with E-state index in [-0.39, 0.29) is 34.3 Å². The summed E-state index contributed by atoms with van der Waals surface area (Å²) in [5, 5.41) is 12.4. The molecule has 2 aromatic heterocycles. The first-order valence-electron chi connectivity index (χ1n) is 9.08. The molecule has 0 saturated heterocycles. The third-order valence-electron chi connectivity index (χ3n) is 4.68. The van der Waals surface area contributed by atoms with Gasteiger partial charge in [-0.1, -0.05) is 18.2 Å². The summed E-state index contributed by atoms with van der Waals surface area (Å²) in [7, 11) is -4.31. The highest BCUT2D eigenvalue weighted by Gasteiger charge is 2.39. The fourth-order valence-electron chi connectivity index (χ4n) is 3.29. The number of halogens is 1. The van der Waals surface area contributed by atoms with Gasteiger partial charge in [-0.25, -0.2) is 32.1 Å². The molecule has 4 rings (SSSR count). The molecule has 3 aromatic rings. The van der Waals surface area contributed by atoms with Gasteiger partial charge in [0.25, 0.3) is 10.0 Å². The number of aromatic nitrogens is 3. The van der Waals surface area contributed by atoms with Crippen LogP contribution in [0.4, 0.5) is 21.8 Å². The van der Waals surface area contributed by atoms with Crippen molar-refractivity contribution >= 4 is 33.6 Å². The van der Waals surface area contributed by atoms with Gasteiger partial charge in [0.2, 0.25) is 0 Å². The number of nitrogens with one attached hydrogen (secondary N) is 1. The molecule has 1 unspecified atom stereocenters. The second-order valence-corrected chi connectivity index (χ2v) is 8.37. The normalized spacial score (nSPS) is 15.4. The fourth-order valence-corrected chi connectivity index (χ4v) is 5.05. The maximum absolute atomic E-state index is 14.5. The molecule has 3 heterocycles. The van der Waals surface area contributed by atoms with Gasteiger partial charge in [-0.15, -0.1) is 0 Å². The number of anilines is 3. The monoisotopic (exact) mass is 437 g/mol. The number of nitrogens with zero attached hydrogens (tertiary/aromatic N) is 5. The summed E-state index contributed by atoms with van der Waals surface area (Å²) in [6.07, 6.45) is 4.19. The Morgan fingerprint density at radius 2 is 2.00 bits per heavy atom. The van der Waals surface area contributed by atoms with Crippen LogP contribution in [0.3, 0.4) is 0 Å². The molecule has 0 saturated carbocycles. The highest BCUT2D eigenvalue weighted by atomic mass is 32.2. The second kappa shape index (κ2) is 7.66. The van der Waals surface area contributed by atoms with Crippen LogP contribution >= 0.6 is 0 Å². The molecule has 0 aliphatic carbocycles. The molecule has 0 spiro atoms. The Morgan fingerprint density at radius 3 is 2.71 bits per heavy atom. The Bertz CT molecular complexity index is 1340. The third kappa shape index (κ3) is 3.43. The van der Waals surface area contributed by atoms with Crippen molar-refractivity contribution in [2.24, 2.45) is 0 Å². The van der Waals surface area contributed by atoms with Crippen LogP contribution in [0.15, 0.2) is 59.5 Å². The molecule has 1 aromatic carbocycles. The number of nitrogens with two attached hydrogens (primary N) is 1. The van der Waals surface area contributed by atoms with Crippen LogP contribution in [0.5, 0.6) is 0 Å². The van der Waals surface area contributed by atoms with E-state index in [1.807, 2.05) is 6.07 Å². The Balaban J connectivity index is 1.88. The van der Waals surface area contributed by atoms with Gasteiger partial charge in [-0.05, 0) is 36.8 Å². The van der Waals surface area contributed by atoms with Gasteiger partial charge in [0.15, 0.2) is 0 Å². The number of rotatable bonds is 4. The molecule has 1 aliphatic rings. The maximum atomic E-state index is 14.5. The van der Waals surface area contributed by atoms with Crippen molar-refractivity contribution in [3.05, 3.63) is 71.6 Å². The van der Waals surface area contributed by atoms with Crippen LogP contribution in [0.25, 0.3) is 6.08 Å². The molecule has 0 bridgehead atoms. The highest BCUT2D eigenvalue weighted by molar-refractivity contribution is 7.93. The van der Waals surface area contributed by atoms with Gasteiger partial charge >= 0.3 is 0 Å². The predicted octanol–water partition coefficient (Wildman–Crippen LogP) is 2.51. The van der Waals surface area contributed by atoms with Crippen molar-refractivity contribution in [3.63, 3.8) is 0 Å². The summed E-state index contributed by atoms with van der Waals surface area (Å²) in [6.45, 7) is 1.68. The van der Waals surface area contributed by atoms with Crippen molar-refractivity contribution in [3.8, 4) is 6.07 Å². The van der Waals surface area contributed by atoms with Gasteiger partial charge in [-0.3, -0.25) is 0 Å². The molecule has 1 atom stereocenters. The van der Waals surface area contributed by atoms with Crippen molar-refractivity contribution in [1.82, 2.24) is 15.0 Å². The smallest absolute Gasteiger partial charge is 0.273 e. The molecule has 0 fully saturated rings. The highest BCUT2D eigenvalue weighted by Crippen LogP contribution is 2.37. The minimum absolute atomic E-state index is 0.00792. The maximum Gasteiger partial charge on any atom is 0.273 e. The zero-order valence-corrected chi connectivity index (χ0v) is 17.0. The van der Waals surface area contributed by atoms with E-state index in [1.54, 1.807) is 25.1 Å². The molecule has 0 amide bonds. The van der Waals surface area contributed by atoms with Gasteiger partial charge in [0.1, 0.15) is 46.1 Å².